The smallest absolute Gasteiger partial charge is 0.272 e. The predicted octanol–water partition coefficient (Wildman–Crippen LogP) is -0.497. The van der Waals surface area contributed by atoms with Crippen LogP contribution in [0, 0.1) is 0 Å². The molecule has 0 bridgehead atoms. The summed E-state index contributed by atoms with van der Waals surface area (Å²) in [5.74, 6) is 0. The molecule has 7 heavy (non-hydrogen) atoms. The van der Waals surface area contributed by atoms with Crippen LogP contribution in [0.15, 0.2) is 0 Å². The summed E-state index contributed by atoms with van der Waals surface area (Å²) in [5.41, 5.74) is 10.8. The van der Waals surface area contributed by atoms with Crippen molar-refractivity contribution in [1.82, 2.24) is 16.6 Å². The van der Waals surface area contributed by atoms with E-state index in [1.165, 1.54) is 0 Å². The molecule has 2 amide bonds. The number of carbonyl (C=O) groups is 1. The molecule has 0 aliphatic rings. The Balaban J connectivity index is 2.82. The van der Waals surface area contributed by atoms with E-state index in [1.807, 2.05) is 6.92 Å². The Morgan fingerprint density at radius 2 is 2.43 bits per heavy atom. The van der Waals surface area contributed by atoms with E-state index < -0.39 is 6.03 Å². The zero-order valence-corrected chi connectivity index (χ0v) is 4.12. The number of carbonyl (C=O) groups excluding carboxylic acids is 1. The second-order valence-electron chi connectivity index (χ2n) is 0.984. The van der Waals surface area contributed by atoms with Crippen molar-refractivity contribution in [3.63, 3.8) is 0 Å². The van der Waals surface area contributed by atoms with E-state index in [0.717, 1.165) is 0 Å². The monoisotopic (exact) mass is 102 g/mol. The number of rotatable bonds is 2. The van der Waals surface area contributed by atoms with Crippen LogP contribution in [-0.4, -0.2) is 12.6 Å². The maximum absolute atomic E-state index is 9.70. The molecule has 0 fully saturated rings. The van der Waals surface area contributed by atoms with Crippen molar-refractivity contribution < 1.29 is 4.79 Å². The van der Waals surface area contributed by atoms with Gasteiger partial charge in [-0.05, 0) is 0 Å². The van der Waals surface area contributed by atoms with Crippen molar-refractivity contribution in [3.05, 3.63) is 0 Å². The Morgan fingerprint density at radius 1 is 1.86 bits per heavy atom. The molecule has 3 N–H and O–H groups in total. The van der Waals surface area contributed by atoms with Gasteiger partial charge < -0.3 is 0 Å². The zero-order valence-electron chi connectivity index (χ0n) is 4.12. The highest BCUT2D eigenvalue weighted by molar-refractivity contribution is 5.69. The lowest BCUT2D eigenvalue weighted by molar-refractivity contribution is 0.244. The summed E-state index contributed by atoms with van der Waals surface area (Å²) in [5, 5.41) is 0. The molecule has 0 aliphatic heterocycles. The van der Waals surface area contributed by atoms with Gasteiger partial charge in [-0.1, -0.05) is 6.92 Å². The van der Waals surface area contributed by atoms with Crippen molar-refractivity contribution in [2.45, 2.75) is 6.92 Å². The van der Waals surface area contributed by atoms with Gasteiger partial charge in [0.25, 0.3) is 0 Å². The maximum Gasteiger partial charge on any atom is 0.347 e. The third-order valence-corrected chi connectivity index (χ3v) is 0.379. The molecule has 0 aromatic carbocycles. The molecule has 0 rings (SSSR count). The van der Waals surface area contributed by atoms with Gasteiger partial charge in [-0.25, -0.2) is 16.0 Å². The van der Waals surface area contributed by atoms with Crippen LogP contribution in [0.1, 0.15) is 6.92 Å². The fraction of sp³-hybridized carbons (Fsp3) is 0.667. The van der Waals surface area contributed by atoms with Gasteiger partial charge in [0.15, 0.2) is 0 Å². The maximum atomic E-state index is 9.70. The highest BCUT2D eigenvalue weighted by Crippen LogP contribution is 1.49. The molecular weight excluding hydrogens is 94.1 g/mol. The molecule has 0 spiro atoms. The van der Waals surface area contributed by atoms with Crippen molar-refractivity contribution in [2.75, 3.05) is 6.54 Å². The molecule has 0 saturated heterocycles. The van der Waals surface area contributed by atoms with Gasteiger partial charge in [-0.2, -0.15) is 0 Å². The number of nitrogens with one attached hydrogen (secondary N) is 3. The largest absolute Gasteiger partial charge is 0.347 e. The lowest BCUT2D eigenvalue weighted by Crippen LogP contribution is -2.36. The predicted molar refractivity (Wildman–Crippen MR) is 25.3 cm³/mol. The highest BCUT2D eigenvalue weighted by Gasteiger charge is 1.83. The van der Waals surface area contributed by atoms with Crippen LogP contribution in [0.5, 0.6) is 0 Å². The van der Waals surface area contributed by atoms with E-state index in [4.69, 9.17) is 5.73 Å². The van der Waals surface area contributed by atoms with Crippen LogP contribution in [0.4, 0.5) is 4.79 Å². The Labute approximate surface area is 42.0 Å². The minimum absolute atomic E-state index is 0.643. The Kier molecular flexibility index (Phi) is 3.04. The number of urea groups is 1. The van der Waals surface area contributed by atoms with Gasteiger partial charge >= 0.3 is 6.03 Å². The van der Waals surface area contributed by atoms with Gasteiger partial charge in [0, 0.05) is 6.54 Å². The Bertz CT molecular complexity index is 63.2. The first-order valence-corrected chi connectivity index (χ1v) is 2.01. The molecule has 0 aliphatic carbocycles. The van der Waals surface area contributed by atoms with Gasteiger partial charge in [-0.3, -0.25) is 5.43 Å². The zero-order chi connectivity index (χ0) is 5.70. The molecule has 1 radical (unpaired) electrons. The molecule has 0 aromatic rings. The van der Waals surface area contributed by atoms with E-state index >= 15 is 0 Å². The lowest BCUT2D eigenvalue weighted by atomic mass is 10.8. The second kappa shape index (κ2) is 3.42. The summed E-state index contributed by atoms with van der Waals surface area (Å²) in [7, 11) is 0. The average Bonchev–Trinajstić information content (AvgIpc) is 1.61. The van der Waals surface area contributed by atoms with Crippen LogP contribution >= 0.6 is 0 Å². The summed E-state index contributed by atoms with van der Waals surface area (Å²) < 4.78 is 0. The standard InChI is InChI=1S/C3H8N3O/c1-2-5-6-3(4)7/h4-5H,2H2,1H3,(H,6,7). The second-order valence-corrected chi connectivity index (χ2v) is 0.984. The number of amides is 2. The minimum Gasteiger partial charge on any atom is -0.272 e. The van der Waals surface area contributed by atoms with Crippen LogP contribution in [0.3, 0.4) is 0 Å². The SMILES string of the molecule is CCNNC([NH])=O. The summed E-state index contributed by atoms with van der Waals surface area (Å²) in [6.07, 6.45) is 0. The Hall–Kier alpha value is -0.770. The first-order chi connectivity index (χ1) is 3.27. The molecule has 0 unspecified atom stereocenters. The molecule has 41 valence electrons. The van der Waals surface area contributed by atoms with Crippen molar-refractivity contribution >= 4 is 6.03 Å². The van der Waals surface area contributed by atoms with Crippen molar-refractivity contribution in [2.24, 2.45) is 0 Å². The van der Waals surface area contributed by atoms with E-state index in [1.54, 1.807) is 0 Å². The first kappa shape index (κ1) is 6.23. The number of hydrogen-bond acceptors (Lipinski definition) is 2. The molecule has 4 nitrogen and oxygen atoms in total. The van der Waals surface area contributed by atoms with Gasteiger partial charge in [0.2, 0.25) is 0 Å². The van der Waals surface area contributed by atoms with Crippen LogP contribution in [0.2, 0.25) is 0 Å². The quantitative estimate of drug-likeness (QED) is 0.462. The summed E-state index contributed by atoms with van der Waals surface area (Å²) in [6.45, 7) is 2.47. The fourth-order valence-electron chi connectivity index (χ4n) is 0.169. The molecule has 0 heterocycles. The molecular formula is C3H8N3O. The van der Waals surface area contributed by atoms with Crippen molar-refractivity contribution in [3.8, 4) is 0 Å². The third kappa shape index (κ3) is 5.23. The molecule has 0 aromatic heterocycles. The first-order valence-electron chi connectivity index (χ1n) is 2.01. The molecule has 0 atom stereocenters. The summed E-state index contributed by atoms with van der Waals surface area (Å²) in [6, 6.07) is -0.804. The van der Waals surface area contributed by atoms with Crippen LogP contribution in [-0.2, 0) is 0 Å². The molecule has 0 saturated carbocycles. The van der Waals surface area contributed by atoms with E-state index in [-0.39, 0.29) is 0 Å². The fourth-order valence-corrected chi connectivity index (χ4v) is 0.169. The summed E-state index contributed by atoms with van der Waals surface area (Å²) >= 11 is 0. The third-order valence-electron chi connectivity index (χ3n) is 0.379. The topological polar surface area (TPSA) is 64.9 Å². The molecule has 4 heteroatoms. The van der Waals surface area contributed by atoms with Crippen LogP contribution < -0.4 is 16.6 Å². The van der Waals surface area contributed by atoms with E-state index in [0.29, 0.717) is 6.54 Å². The van der Waals surface area contributed by atoms with Gasteiger partial charge in [0.1, 0.15) is 0 Å². The lowest BCUT2D eigenvalue weighted by Gasteiger charge is -1.95. The number of hydrazine groups is 1. The highest BCUT2D eigenvalue weighted by atomic mass is 16.2. The van der Waals surface area contributed by atoms with Crippen molar-refractivity contribution in [1.29, 1.82) is 0 Å². The Morgan fingerprint density at radius 3 is 2.57 bits per heavy atom. The summed E-state index contributed by atoms with van der Waals surface area (Å²) in [4.78, 5) is 9.70. The van der Waals surface area contributed by atoms with E-state index in [9.17, 15) is 4.79 Å². The van der Waals surface area contributed by atoms with Crippen LogP contribution in [0.25, 0.3) is 0 Å². The normalized spacial score (nSPS) is 8.14. The van der Waals surface area contributed by atoms with Gasteiger partial charge in [-0.15, -0.1) is 0 Å². The average molecular weight is 102 g/mol. The van der Waals surface area contributed by atoms with Gasteiger partial charge in [0.05, 0.1) is 0 Å². The minimum atomic E-state index is -0.804. The van der Waals surface area contributed by atoms with E-state index in [2.05, 4.69) is 10.9 Å². The number of hydrogen-bond donors (Lipinski definition) is 2.